The van der Waals surface area contributed by atoms with Crippen molar-refractivity contribution in [2.75, 3.05) is 36.9 Å². The standard InChI is InChI=1S/C20H22N4O3.C19H20N4O3.CH3I.CH2O3.2K.H/c1-12-5-4-6-16(21-12)20(25)22-18-7-13-11-24(14-8-15(9-14)26-2)23-17(13)10-19(18)27-3;1-11-4-3-5-15(20-11)19(25)21-17-6-12-10-23(13-7-14(24)8-13)22-16(12)9-18(17)26-2;1-2;2-1-4-3;;;/h4-7,10-11,14-15H,8-9H2,1-3H3,(H,22,25);3-6,9-10,13-14,24H,7-8H2,1-2H3,(H,21,25);1H3;1,3H;;;/q;;;;2*+1;-1/p-1. The molecule has 17 nitrogen and oxygen atoms in total. The maximum atomic E-state index is 12.5. The second kappa shape index (κ2) is 25.8. The van der Waals surface area contributed by atoms with Crippen LogP contribution in [-0.2, 0) is 14.4 Å². The van der Waals surface area contributed by atoms with Crippen LogP contribution in [0.5, 0.6) is 11.5 Å². The van der Waals surface area contributed by atoms with Gasteiger partial charge in [-0.15, -0.1) is 0 Å². The van der Waals surface area contributed by atoms with E-state index in [1.165, 1.54) is 0 Å². The number of nitrogens with zero attached hydrogens (tertiary/aromatic N) is 6. The molecule has 4 heterocycles. The molecule has 4 aromatic heterocycles. The second-order valence-electron chi connectivity index (χ2n) is 13.6. The summed E-state index contributed by atoms with van der Waals surface area (Å²) < 4.78 is 20.1. The van der Waals surface area contributed by atoms with Gasteiger partial charge >= 0.3 is 103 Å². The van der Waals surface area contributed by atoms with Gasteiger partial charge < -0.3 is 41.5 Å². The predicted octanol–water partition coefficient (Wildman–Crippen LogP) is -0.347. The third-order valence-electron chi connectivity index (χ3n) is 9.70. The summed E-state index contributed by atoms with van der Waals surface area (Å²) in [6.45, 7) is 3.52. The predicted molar refractivity (Wildman–Crippen MR) is 228 cm³/mol. The van der Waals surface area contributed by atoms with Crippen molar-refractivity contribution in [3.8, 4) is 11.5 Å². The maximum absolute atomic E-state index is 12.5. The number of aliphatic hydroxyl groups excluding tert-OH is 1. The molecule has 0 bridgehead atoms. The number of hydrogen-bond donors (Lipinski definition) is 3. The van der Waals surface area contributed by atoms with Crippen LogP contribution < -0.4 is 128 Å². The number of methoxy groups -OCH3 is 3. The molecule has 6 aromatic rings. The van der Waals surface area contributed by atoms with Crippen molar-refractivity contribution in [1.82, 2.24) is 29.5 Å². The first-order valence-corrected chi connectivity index (χ1v) is 20.6. The summed E-state index contributed by atoms with van der Waals surface area (Å²) in [7, 11) is 4.87. The van der Waals surface area contributed by atoms with Crippen molar-refractivity contribution in [3.63, 3.8) is 0 Å². The zero-order chi connectivity index (χ0) is 42.6. The summed E-state index contributed by atoms with van der Waals surface area (Å²) in [5, 5.41) is 34.8. The minimum Gasteiger partial charge on any atom is -1.00 e. The summed E-state index contributed by atoms with van der Waals surface area (Å²) in [4.78, 5) is 46.8. The summed E-state index contributed by atoms with van der Waals surface area (Å²) in [6.07, 6.45) is 7.38. The Hall–Kier alpha value is -2.43. The molecule has 2 aromatic carbocycles. The van der Waals surface area contributed by atoms with Crippen molar-refractivity contribution < 1.29 is 148 Å². The minimum absolute atomic E-state index is 0. The Morgan fingerprint density at radius 2 is 1.18 bits per heavy atom. The largest absolute Gasteiger partial charge is 1.00 e. The van der Waals surface area contributed by atoms with Gasteiger partial charge in [-0.2, -0.15) is 10.2 Å². The van der Waals surface area contributed by atoms with Crippen molar-refractivity contribution in [1.29, 1.82) is 0 Å². The molecule has 0 unspecified atom stereocenters. The van der Waals surface area contributed by atoms with Crippen molar-refractivity contribution in [2.45, 2.75) is 63.8 Å². The summed E-state index contributed by atoms with van der Waals surface area (Å²) in [5.41, 5.74) is 5.08. The number of halogens is 1. The number of nitrogens with one attached hydrogen (secondary N) is 2. The average molecular weight is 1000 g/mol. The summed E-state index contributed by atoms with van der Waals surface area (Å²) >= 11 is 2.15. The number of benzene rings is 2. The number of fused-ring (bicyclic) bond motifs is 2. The number of carbonyl (C=O) groups excluding carboxylic acids is 3. The maximum Gasteiger partial charge on any atom is 1.00 e. The minimum atomic E-state index is -0.291. The first kappa shape index (κ1) is 52.9. The smallest absolute Gasteiger partial charge is 1.00 e. The molecule has 61 heavy (non-hydrogen) atoms. The number of ether oxygens (including phenoxy) is 3. The number of aryl methyl sites for hydroxylation is 2. The summed E-state index contributed by atoms with van der Waals surface area (Å²) in [5.74, 6) is 0.543. The molecule has 20 heteroatoms. The van der Waals surface area contributed by atoms with Gasteiger partial charge in [-0.25, -0.2) is 9.97 Å². The van der Waals surface area contributed by atoms with Crippen molar-refractivity contribution in [3.05, 3.63) is 95.8 Å². The van der Waals surface area contributed by atoms with Crippen LogP contribution in [0.2, 0.25) is 0 Å². The van der Waals surface area contributed by atoms with Gasteiger partial charge in [0.1, 0.15) is 22.9 Å². The molecule has 2 aliphatic carbocycles. The van der Waals surface area contributed by atoms with Crippen LogP contribution in [0.15, 0.2) is 73.1 Å². The van der Waals surface area contributed by atoms with E-state index in [9.17, 15) is 14.7 Å². The fourth-order valence-corrected chi connectivity index (χ4v) is 6.48. The van der Waals surface area contributed by atoms with Gasteiger partial charge in [0.05, 0.1) is 60.9 Å². The number of aromatic nitrogens is 6. The molecule has 2 amide bonds. The Bertz CT molecular complexity index is 2390. The van der Waals surface area contributed by atoms with Crippen LogP contribution in [0.25, 0.3) is 21.8 Å². The van der Waals surface area contributed by atoms with Gasteiger partial charge in [0.15, 0.2) is 0 Å². The van der Waals surface area contributed by atoms with E-state index in [0.29, 0.717) is 59.2 Å². The van der Waals surface area contributed by atoms with E-state index in [4.69, 9.17) is 24.3 Å². The van der Waals surface area contributed by atoms with E-state index in [2.05, 4.69) is 58.3 Å². The Kier molecular flexibility index (Phi) is 22.3. The Morgan fingerprint density at radius 3 is 1.52 bits per heavy atom. The molecule has 0 aliphatic heterocycles. The molecule has 2 saturated carbocycles. The fraction of sp³-hybridized carbons (Fsp3) is 0.341. The molecular weight excluding hydrogens is 954 g/mol. The third-order valence-corrected chi connectivity index (χ3v) is 9.70. The Labute approximate surface area is 453 Å². The van der Waals surface area contributed by atoms with Gasteiger partial charge in [0.2, 0.25) is 0 Å². The SMILES string of the molecule is CI.COc1cc2nn(C3CC(O)C3)cc2cc1NC(=O)c1cccc(C)n1.COc1cc2nn(C3CC(OC)C3)cc2cc1NC(=O)c1cccc(C)n1.O=CO[O-].[H-].[K+].[K+]. The molecule has 0 radical (unpaired) electrons. The Balaban J connectivity index is 0.000000364. The van der Waals surface area contributed by atoms with Gasteiger partial charge in [-0.05, 0) is 80.9 Å². The average Bonchev–Trinajstić information content (AvgIpc) is 3.82. The van der Waals surface area contributed by atoms with E-state index in [0.717, 1.165) is 46.0 Å². The van der Waals surface area contributed by atoms with Gasteiger partial charge in [0, 0.05) is 53.8 Å². The van der Waals surface area contributed by atoms with E-state index in [1.807, 2.05) is 76.9 Å². The Morgan fingerprint density at radius 1 is 0.770 bits per heavy atom. The monoisotopic (exact) mass is 1000 g/mol. The second-order valence-corrected chi connectivity index (χ2v) is 13.6. The zero-order valence-corrected chi connectivity index (χ0v) is 43.8. The molecule has 0 atom stereocenters. The van der Waals surface area contributed by atoms with Gasteiger partial charge in [0.25, 0.3) is 18.3 Å². The first-order valence-electron chi connectivity index (χ1n) is 18.5. The zero-order valence-electron chi connectivity index (χ0n) is 36.4. The quantitative estimate of drug-likeness (QED) is 0.0400. The van der Waals surface area contributed by atoms with Crippen LogP contribution >= 0.6 is 22.6 Å². The number of carbonyl (C=O) groups is 3. The van der Waals surface area contributed by atoms with Crippen LogP contribution in [0.4, 0.5) is 11.4 Å². The fourth-order valence-electron chi connectivity index (χ4n) is 6.48. The number of hydrogen-bond acceptors (Lipinski definition) is 13. The normalized spacial score (nSPS) is 17.0. The van der Waals surface area contributed by atoms with E-state index in [1.54, 1.807) is 45.6 Å². The van der Waals surface area contributed by atoms with Crippen LogP contribution in [0, 0.1) is 13.8 Å². The van der Waals surface area contributed by atoms with Gasteiger partial charge in [-0.1, -0.05) is 34.7 Å². The van der Waals surface area contributed by atoms with Crippen molar-refractivity contribution >= 4 is 74.1 Å². The van der Waals surface area contributed by atoms with Crippen molar-refractivity contribution in [2.24, 2.45) is 0 Å². The number of amides is 2. The van der Waals surface area contributed by atoms with Crippen LogP contribution in [-0.4, -0.2) is 91.4 Å². The van der Waals surface area contributed by atoms with E-state index in [-0.39, 0.29) is 135 Å². The number of pyridine rings is 2. The number of rotatable bonds is 10. The van der Waals surface area contributed by atoms with Gasteiger partial charge in [-0.3, -0.25) is 23.7 Å². The molecular formula is C41H47IK2N8O9. The molecule has 0 spiro atoms. The molecule has 3 N–H and O–H groups in total. The number of anilines is 2. The topological polar surface area (TPSA) is 217 Å². The number of aliphatic hydroxyl groups is 1. The molecule has 2 aliphatic rings. The van der Waals surface area contributed by atoms with Crippen LogP contribution in [0.3, 0.4) is 0 Å². The van der Waals surface area contributed by atoms with Crippen LogP contribution in [0.1, 0.15) is 71.6 Å². The van der Waals surface area contributed by atoms with E-state index >= 15 is 0 Å². The molecule has 2 fully saturated rings. The molecule has 0 saturated heterocycles. The van der Waals surface area contributed by atoms with E-state index < -0.39 is 0 Å². The molecule has 314 valence electrons. The number of alkyl halides is 1. The molecule has 8 rings (SSSR count). The first-order chi connectivity index (χ1) is 28.5. The summed E-state index contributed by atoms with van der Waals surface area (Å²) in [6, 6.07) is 18.6. The third kappa shape index (κ3) is 14.0.